The first-order valence-electron chi connectivity index (χ1n) is 6.24. The lowest BCUT2D eigenvalue weighted by atomic mass is 9.90. The van der Waals surface area contributed by atoms with E-state index in [1.54, 1.807) is 0 Å². The number of H-pyrrole nitrogens is 1. The molecule has 0 fully saturated rings. The first-order valence-corrected chi connectivity index (χ1v) is 6.24. The number of rotatable bonds is 5. The predicted octanol–water partition coefficient (Wildman–Crippen LogP) is 3.09. The molecule has 0 radical (unpaired) electrons. The van der Waals surface area contributed by atoms with Crippen LogP contribution in [0.3, 0.4) is 0 Å². The van der Waals surface area contributed by atoms with Crippen molar-refractivity contribution in [2.45, 2.75) is 33.7 Å². The largest absolute Gasteiger partial charge is 0.346 e. The molecule has 0 aliphatic heterocycles. The Balaban J connectivity index is 2.00. The summed E-state index contributed by atoms with van der Waals surface area (Å²) >= 11 is 0. The van der Waals surface area contributed by atoms with Crippen molar-refractivity contribution in [1.29, 1.82) is 0 Å². The first kappa shape index (κ1) is 12.1. The van der Waals surface area contributed by atoms with Gasteiger partial charge >= 0.3 is 0 Å². The van der Waals surface area contributed by atoms with Crippen molar-refractivity contribution in [2.24, 2.45) is 5.41 Å². The Kier molecular flexibility index (Phi) is 3.48. The van der Waals surface area contributed by atoms with E-state index in [0.29, 0.717) is 5.41 Å². The summed E-state index contributed by atoms with van der Waals surface area (Å²) in [4.78, 5) is 7.49. The highest BCUT2D eigenvalue weighted by atomic mass is 14.9. The van der Waals surface area contributed by atoms with Gasteiger partial charge in [-0.3, -0.25) is 0 Å². The van der Waals surface area contributed by atoms with Crippen molar-refractivity contribution in [3.8, 4) is 0 Å². The molecule has 0 atom stereocenters. The molecule has 3 nitrogen and oxygen atoms in total. The van der Waals surface area contributed by atoms with Crippen LogP contribution in [-0.4, -0.2) is 16.5 Å². The zero-order valence-electron chi connectivity index (χ0n) is 10.9. The summed E-state index contributed by atoms with van der Waals surface area (Å²) in [6, 6.07) is 4.09. The zero-order valence-corrected chi connectivity index (χ0v) is 10.9. The standard InChI is InChI=1S/C14H21N3/c1-4-14(2,3)10-15-8-11-9-17-13-12(11)6-5-7-16-13/h5-7,9,15H,4,8,10H2,1-3H3,(H,16,17). The zero-order chi connectivity index (χ0) is 12.3. The van der Waals surface area contributed by atoms with Gasteiger partial charge < -0.3 is 10.3 Å². The molecular formula is C14H21N3. The molecule has 0 saturated carbocycles. The Morgan fingerprint density at radius 3 is 3.00 bits per heavy atom. The van der Waals surface area contributed by atoms with Crippen LogP contribution in [0.4, 0.5) is 0 Å². The summed E-state index contributed by atoms with van der Waals surface area (Å²) in [6.07, 6.45) is 5.05. The van der Waals surface area contributed by atoms with Gasteiger partial charge in [0.2, 0.25) is 0 Å². The van der Waals surface area contributed by atoms with E-state index in [9.17, 15) is 0 Å². The van der Waals surface area contributed by atoms with E-state index >= 15 is 0 Å². The fraction of sp³-hybridized carbons (Fsp3) is 0.500. The van der Waals surface area contributed by atoms with Crippen LogP contribution in [0.25, 0.3) is 11.0 Å². The number of nitrogens with one attached hydrogen (secondary N) is 2. The summed E-state index contributed by atoms with van der Waals surface area (Å²) in [5.74, 6) is 0. The van der Waals surface area contributed by atoms with Crippen molar-refractivity contribution < 1.29 is 0 Å². The fourth-order valence-corrected chi connectivity index (χ4v) is 1.82. The number of hydrogen-bond donors (Lipinski definition) is 2. The Hall–Kier alpha value is -1.35. The van der Waals surface area contributed by atoms with Crippen LogP contribution < -0.4 is 5.32 Å². The molecule has 2 heterocycles. The maximum absolute atomic E-state index is 4.29. The molecule has 0 aromatic carbocycles. The minimum absolute atomic E-state index is 0.365. The lowest BCUT2D eigenvalue weighted by Crippen LogP contribution is -2.28. The van der Waals surface area contributed by atoms with Crippen LogP contribution in [0.1, 0.15) is 32.8 Å². The second-order valence-corrected chi connectivity index (χ2v) is 5.33. The number of hydrogen-bond acceptors (Lipinski definition) is 2. The van der Waals surface area contributed by atoms with Gasteiger partial charge in [0.05, 0.1) is 0 Å². The monoisotopic (exact) mass is 231 g/mol. The van der Waals surface area contributed by atoms with E-state index in [1.165, 1.54) is 17.4 Å². The molecule has 2 aromatic heterocycles. The topological polar surface area (TPSA) is 40.7 Å². The minimum Gasteiger partial charge on any atom is -0.346 e. The molecule has 0 aliphatic rings. The molecule has 0 aliphatic carbocycles. The molecule has 92 valence electrons. The molecule has 0 spiro atoms. The van der Waals surface area contributed by atoms with E-state index in [-0.39, 0.29) is 0 Å². The Morgan fingerprint density at radius 1 is 1.41 bits per heavy atom. The molecule has 0 saturated heterocycles. The van der Waals surface area contributed by atoms with E-state index in [2.05, 4.69) is 42.1 Å². The third-order valence-corrected chi connectivity index (χ3v) is 3.41. The lowest BCUT2D eigenvalue weighted by molar-refractivity contribution is 0.328. The van der Waals surface area contributed by atoms with Gasteiger partial charge in [-0.2, -0.15) is 0 Å². The van der Waals surface area contributed by atoms with Gasteiger partial charge in [-0.1, -0.05) is 20.8 Å². The van der Waals surface area contributed by atoms with E-state index in [1.807, 2.05) is 18.5 Å². The highest BCUT2D eigenvalue weighted by Crippen LogP contribution is 2.19. The summed E-state index contributed by atoms with van der Waals surface area (Å²) in [7, 11) is 0. The van der Waals surface area contributed by atoms with Crippen LogP contribution in [0.5, 0.6) is 0 Å². The molecule has 2 N–H and O–H groups in total. The molecule has 3 heteroatoms. The predicted molar refractivity (Wildman–Crippen MR) is 71.9 cm³/mol. The Labute approximate surface area is 103 Å². The van der Waals surface area contributed by atoms with Gasteiger partial charge in [-0.25, -0.2) is 4.98 Å². The van der Waals surface area contributed by atoms with Crippen LogP contribution in [-0.2, 0) is 6.54 Å². The van der Waals surface area contributed by atoms with E-state index < -0.39 is 0 Å². The summed E-state index contributed by atoms with van der Waals surface area (Å²) in [6.45, 7) is 8.75. The average Bonchev–Trinajstić information content (AvgIpc) is 2.73. The van der Waals surface area contributed by atoms with Gasteiger partial charge in [0.25, 0.3) is 0 Å². The van der Waals surface area contributed by atoms with Crippen molar-refractivity contribution in [1.82, 2.24) is 15.3 Å². The second kappa shape index (κ2) is 4.88. The van der Waals surface area contributed by atoms with E-state index in [0.717, 1.165) is 18.7 Å². The molecule has 2 rings (SSSR count). The second-order valence-electron chi connectivity index (χ2n) is 5.33. The first-order chi connectivity index (χ1) is 8.12. The molecule has 2 aromatic rings. The molecule has 0 unspecified atom stereocenters. The molecule has 0 bridgehead atoms. The summed E-state index contributed by atoms with van der Waals surface area (Å²) in [5, 5.41) is 4.74. The molecule has 17 heavy (non-hydrogen) atoms. The van der Waals surface area contributed by atoms with Crippen molar-refractivity contribution >= 4 is 11.0 Å². The minimum atomic E-state index is 0.365. The number of aromatic amines is 1. The summed E-state index contributed by atoms with van der Waals surface area (Å²) in [5.41, 5.74) is 2.63. The maximum Gasteiger partial charge on any atom is 0.137 e. The van der Waals surface area contributed by atoms with Crippen LogP contribution in [0, 0.1) is 5.41 Å². The summed E-state index contributed by atoms with van der Waals surface area (Å²) < 4.78 is 0. The fourth-order valence-electron chi connectivity index (χ4n) is 1.82. The van der Waals surface area contributed by atoms with E-state index in [4.69, 9.17) is 0 Å². The Morgan fingerprint density at radius 2 is 2.24 bits per heavy atom. The van der Waals surface area contributed by atoms with Gasteiger partial charge in [0.15, 0.2) is 0 Å². The lowest BCUT2D eigenvalue weighted by Gasteiger charge is -2.22. The maximum atomic E-state index is 4.29. The molecular weight excluding hydrogens is 210 g/mol. The SMILES string of the molecule is CCC(C)(C)CNCc1c[nH]c2ncccc12. The smallest absolute Gasteiger partial charge is 0.137 e. The number of aromatic nitrogens is 2. The van der Waals surface area contributed by atoms with Gasteiger partial charge in [-0.05, 0) is 29.5 Å². The third-order valence-electron chi connectivity index (χ3n) is 3.41. The highest BCUT2D eigenvalue weighted by molar-refractivity contribution is 5.79. The van der Waals surface area contributed by atoms with Crippen LogP contribution in [0.2, 0.25) is 0 Å². The average molecular weight is 231 g/mol. The van der Waals surface area contributed by atoms with Gasteiger partial charge in [0.1, 0.15) is 5.65 Å². The van der Waals surface area contributed by atoms with Gasteiger partial charge in [-0.15, -0.1) is 0 Å². The third kappa shape index (κ3) is 2.86. The van der Waals surface area contributed by atoms with Crippen molar-refractivity contribution in [3.05, 3.63) is 30.1 Å². The van der Waals surface area contributed by atoms with Crippen LogP contribution >= 0.6 is 0 Å². The number of nitrogens with zero attached hydrogens (tertiary/aromatic N) is 1. The van der Waals surface area contributed by atoms with Crippen LogP contribution in [0.15, 0.2) is 24.5 Å². The quantitative estimate of drug-likeness (QED) is 0.830. The van der Waals surface area contributed by atoms with Gasteiger partial charge in [0, 0.05) is 30.9 Å². The number of pyridine rings is 1. The highest BCUT2D eigenvalue weighted by Gasteiger charge is 2.14. The number of fused-ring (bicyclic) bond motifs is 1. The van der Waals surface area contributed by atoms with Crippen molar-refractivity contribution in [2.75, 3.05) is 6.54 Å². The van der Waals surface area contributed by atoms with Crippen molar-refractivity contribution in [3.63, 3.8) is 0 Å². The normalized spacial score (nSPS) is 12.2. The Bertz CT molecular complexity index is 485. The molecule has 0 amide bonds.